The van der Waals surface area contributed by atoms with Crippen molar-refractivity contribution in [1.29, 1.82) is 0 Å². The Morgan fingerprint density at radius 3 is 2.86 bits per heavy atom. The number of halogens is 2. The molecule has 14 heavy (non-hydrogen) atoms. The quantitative estimate of drug-likeness (QED) is 0.863. The number of hydrogen-bond donors (Lipinski definition) is 1. The molecule has 1 atom stereocenters. The van der Waals surface area contributed by atoms with Crippen LogP contribution in [-0.2, 0) is 0 Å². The highest BCUT2D eigenvalue weighted by Gasteiger charge is 2.05. The Balaban J connectivity index is 2.62. The van der Waals surface area contributed by atoms with Crippen LogP contribution in [0.5, 0.6) is 5.75 Å². The summed E-state index contributed by atoms with van der Waals surface area (Å²) in [6.45, 7) is 2.28. The lowest BCUT2D eigenvalue weighted by atomic mass is 10.2. The third-order valence-electron chi connectivity index (χ3n) is 1.76. The molecule has 0 amide bonds. The Hall–Kier alpha value is -0.0600. The molecule has 2 nitrogen and oxygen atoms in total. The van der Waals surface area contributed by atoms with Crippen LogP contribution in [0.2, 0.25) is 0 Å². The highest BCUT2D eigenvalue weighted by molar-refractivity contribution is 9.10. The number of ether oxygens (including phenoxy) is 1. The van der Waals surface area contributed by atoms with Crippen LogP contribution in [-0.4, -0.2) is 23.1 Å². The predicted octanol–water partition coefficient (Wildman–Crippen LogP) is 2.89. The van der Waals surface area contributed by atoms with Gasteiger partial charge in [-0.15, -0.1) is 0 Å². The second-order valence-electron chi connectivity index (χ2n) is 3.03. The van der Waals surface area contributed by atoms with Gasteiger partial charge in [0.05, 0.1) is 6.10 Å². The molecule has 0 saturated carbocycles. The number of aryl methyl sites for hydroxylation is 1. The van der Waals surface area contributed by atoms with E-state index in [1.807, 2.05) is 25.1 Å². The van der Waals surface area contributed by atoms with E-state index in [-0.39, 0.29) is 0 Å². The fraction of sp³-hybridized carbons (Fsp3) is 0.400. The van der Waals surface area contributed by atoms with Gasteiger partial charge < -0.3 is 9.84 Å². The van der Waals surface area contributed by atoms with Crippen molar-refractivity contribution in [1.82, 2.24) is 0 Å². The molecule has 0 radical (unpaired) electrons. The summed E-state index contributed by atoms with van der Waals surface area (Å²) in [4.78, 5) is 0. The van der Waals surface area contributed by atoms with Crippen molar-refractivity contribution in [2.75, 3.05) is 11.9 Å². The zero-order valence-electron chi connectivity index (χ0n) is 7.84. The summed E-state index contributed by atoms with van der Waals surface area (Å²) >= 11 is 6.55. The van der Waals surface area contributed by atoms with Crippen LogP contribution in [0.15, 0.2) is 22.7 Å². The first-order valence-corrected chi connectivity index (χ1v) is 6.18. The molecule has 1 unspecified atom stereocenters. The third-order valence-corrected chi connectivity index (χ3v) is 3.00. The lowest BCUT2D eigenvalue weighted by molar-refractivity contribution is 0.127. The molecule has 1 aromatic carbocycles. The van der Waals surface area contributed by atoms with E-state index in [0.717, 1.165) is 15.8 Å². The second kappa shape index (κ2) is 5.73. The van der Waals surface area contributed by atoms with E-state index in [0.29, 0.717) is 11.9 Å². The van der Waals surface area contributed by atoms with Gasteiger partial charge in [0, 0.05) is 9.80 Å². The summed E-state index contributed by atoms with van der Waals surface area (Å²) in [7, 11) is 0. The molecule has 0 heterocycles. The molecule has 0 fully saturated rings. The molecule has 0 bridgehead atoms. The van der Waals surface area contributed by atoms with E-state index in [9.17, 15) is 5.11 Å². The molecule has 1 aromatic rings. The van der Waals surface area contributed by atoms with E-state index in [4.69, 9.17) is 4.74 Å². The number of benzene rings is 1. The van der Waals surface area contributed by atoms with Crippen molar-refractivity contribution in [3.05, 3.63) is 28.2 Å². The van der Waals surface area contributed by atoms with Gasteiger partial charge in [-0.1, -0.05) is 37.9 Å². The Morgan fingerprint density at radius 2 is 2.21 bits per heavy atom. The van der Waals surface area contributed by atoms with Crippen LogP contribution in [0.4, 0.5) is 0 Å². The first kappa shape index (κ1) is 12.0. The van der Waals surface area contributed by atoms with E-state index in [1.165, 1.54) is 0 Å². The Bertz CT molecular complexity index is 302. The van der Waals surface area contributed by atoms with Gasteiger partial charge in [0.2, 0.25) is 0 Å². The largest absolute Gasteiger partial charge is 0.491 e. The SMILES string of the molecule is Cc1ccc(Br)cc1OCC(O)CBr. The molecule has 4 heteroatoms. The minimum Gasteiger partial charge on any atom is -0.491 e. The number of alkyl halides is 1. The van der Waals surface area contributed by atoms with Crippen LogP contribution >= 0.6 is 31.9 Å². The van der Waals surface area contributed by atoms with Crippen molar-refractivity contribution >= 4 is 31.9 Å². The number of rotatable bonds is 4. The van der Waals surface area contributed by atoms with Crippen molar-refractivity contribution in [2.45, 2.75) is 13.0 Å². The molecule has 0 aromatic heterocycles. The summed E-state index contributed by atoms with van der Waals surface area (Å²) in [6.07, 6.45) is -0.464. The summed E-state index contributed by atoms with van der Waals surface area (Å²) in [6, 6.07) is 5.83. The lowest BCUT2D eigenvalue weighted by Crippen LogP contribution is -2.18. The van der Waals surface area contributed by atoms with Gasteiger partial charge in [0.25, 0.3) is 0 Å². The average Bonchev–Trinajstić information content (AvgIpc) is 2.19. The molecular formula is C10H12Br2O2. The molecule has 0 aliphatic rings. The van der Waals surface area contributed by atoms with Crippen LogP contribution in [0.25, 0.3) is 0 Å². The summed E-state index contributed by atoms with van der Waals surface area (Å²) in [5, 5.41) is 9.82. The highest BCUT2D eigenvalue weighted by atomic mass is 79.9. The monoisotopic (exact) mass is 322 g/mol. The van der Waals surface area contributed by atoms with Gasteiger partial charge in [-0.05, 0) is 24.6 Å². The maximum atomic E-state index is 9.30. The summed E-state index contributed by atoms with van der Waals surface area (Å²) in [5.74, 6) is 0.805. The molecule has 0 spiro atoms. The first-order chi connectivity index (χ1) is 6.63. The van der Waals surface area contributed by atoms with Gasteiger partial charge in [-0.3, -0.25) is 0 Å². The topological polar surface area (TPSA) is 29.5 Å². The predicted molar refractivity (Wildman–Crippen MR) is 64.2 cm³/mol. The van der Waals surface area contributed by atoms with Gasteiger partial charge in [-0.25, -0.2) is 0 Å². The minimum absolute atomic E-state index is 0.308. The van der Waals surface area contributed by atoms with Gasteiger partial charge in [0.15, 0.2) is 0 Å². The maximum absolute atomic E-state index is 9.30. The van der Waals surface area contributed by atoms with Gasteiger partial charge in [-0.2, -0.15) is 0 Å². The van der Waals surface area contributed by atoms with E-state index in [1.54, 1.807) is 0 Å². The van der Waals surface area contributed by atoms with Crippen LogP contribution in [0.1, 0.15) is 5.56 Å². The Labute approximate surface area is 101 Å². The van der Waals surface area contributed by atoms with Crippen molar-refractivity contribution < 1.29 is 9.84 Å². The molecule has 78 valence electrons. The van der Waals surface area contributed by atoms with Crippen LogP contribution in [0, 0.1) is 6.92 Å². The summed E-state index contributed by atoms with van der Waals surface area (Å²) in [5.41, 5.74) is 1.06. The molecule has 0 aliphatic carbocycles. The Morgan fingerprint density at radius 1 is 1.50 bits per heavy atom. The number of aliphatic hydroxyl groups excluding tert-OH is 1. The molecule has 0 aliphatic heterocycles. The van der Waals surface area contributed by atoms with Crippen LogP contribution < -0.4 is 4.74 Å². The normalized spacial score (nSPS) is 12.6. The fourth-order valence-electron chi connectivity index (χ4n) is 0.960. The Kier molecular flexibility index (Phi) is 4.92. The maximum Gasteiger partial charge on any atom is 0.123 e. The van der Waals surface area contributed by atoms with E-state index >= 15 is 0 Å². The van der Waals surface area contributed by atoms with Crippen molar-refractivity contribution in [3.63, 3.8) is 0 Å². The highest BCUT2D eigenvalue weighted by Crippen LogP contribution is 2.22. The standard InChI is InChI=1S/C10H12Br2O2/c1-7-2-3-8(12)4-10(7)14-6-9(13)5-11/h2-4,9,13H,5-6H2,1H3. The first-order valence-electron chi connectivity index (χ1n) is 4.26. The van der Waals surface area contributed by atoms with E-state index in [2.05, 4.69) is 31.9 Å². The van der Waals surface area contributed by atoms with Crippen molar-refractivity contribution in [2.24, 2.45) is 0 Å². The van der Waals surface area contributed by atoms with E-state index < -0.39 is 6.10 Å². The second-order valence-corrected chi connectivity index (χ2v) is 4.59. The molecule has 1 rings (SSSR count). The third kappa shape index (κ3) is 3.59. The summed E-state index contributed by atoms with van der Waals surface area (Å²) < 4.78 is 6.44. The zero-order valence-corrected chi connectivity index (χ0v) is 11.0. The smallest absolute Gasteiger partial charge is 0.123 e. The minimum atomic E-state index is -0.464. The molecule has 0 saturated heterocycles. The van der Waals surface area contributed by atoms with Crippen LogP contribution in [0.3, 0.4) is 0 Å². The van der Waals surface area contributed by atoms with Gasteiger partial charge >= 0.3 is 0 Å². The van der Waals surface area contributed by atoms with Gasteiger partial charge in [0.1, 0.15) is 12.4 Å². The molecular weight excluding hydrogens is 312 g/mol. The number of aliphatic hydroxyl groups is 1. The van der Waals surface area contributed by atoms with Crippen molar-refractivity contribution in [3.8, 4) is 5.75 Å². The number of hydrogen-bond acceptors (Lipinski definition) is 2. The lowest BCUT2D eigenvalue weighted by Gasteiger charge is -2.11. The zero-order chi connectivity index (χ0) is 10.6. The molecule has 1 N–H and O–H groups in total. The fourth-order valence-corrected chi connectivity index (χ4v) is 1.49. The average molecular weight is 324 g/mol.